The Kier molecular flexibility index (Phi) is 5.24. The fourth-order valence-electron chi connectivity index (χ4n) is 4.54. The number of carbonyl (C=O) groups is 2. The van der Waals surface area contributed by atoms with Gasteiger partial charge in [-0.05, 0) is 76.3 Å². The normalized spacial score (nSPS) is 22.2. The first-order valence-electron chi connectivity index (χ1n) is 11.6. The predicted octanol–water partition coefficient (Wildman–Crippen LogP) is 3.28. The minimum atomic E-state index is -3.03. The zero-order chi connectivity index (χ0) is 24.3. The van der Waals surface area contributed by atoms with E-state index in [0.717, 1.165) is 18.4 Å². The molecule has 3 heterocycles. The van der Waals surface area contributed by atoms with Crippen molar-refractivity contribution in [2.45, 2.75) is 63.5 Å². The molecule has 2 amide bonds. The molecule has 2 fully saturated rings. The maximum Gasteiger partial charge on any atom is 0.251 e. The number of carbonyl (C=O) groups excluding carboxylic acids is 2. The van der Waals surface area contributed by atoms with E-state index >= 15 is 0 Å². The third kappa shape index (κ3) is 4.17. The number of hydrogen-bond acceptors (Lipinski definition) is 6. The number of aromatic nitrogens is 1. The highest BCUT2D eigenvalue weighted by molar-refractivity contribution is 7.91. The van der Waals surface area contributed by atoms with E-state index in [0.29, 0.717) is 35.7 Å². The average molecular weight is 484 g/mol. The number of rotatable bonds is 5. The molecule has 1 aromatic heterocycles. The van der Waals surface area contributed by atoms with Crippen molar-refractivity contribution in [1.82, 2.24) is 10.3 Å². The van der Waals surface area contributed by atoms with Crippen LogP contribution in [0.5, 0.6) is 5.75 Å². The summed E-state index contributed by atoms with van der Waals surface area (Å²) in [6.07, 6.45) is 4.72. The third-order valence-corrected chi connectivity index (χ3v) is 8.68. The first kappa shape index (κ1) is 22.8. The second-order valence-electron chi connectivity index (χ2n) is 10.3. The molecule has 1 aliphatic carbocycles. The summed E-state index contributed by atoms with van der Waals surface area (Å²) in [4.78, 5) is 32.5. The molecule has 9 heteroatoms. The topological polar surface area (TPSA) is 106 Å². The van der Waals surface area contributed by atoms with Crippen molar-refractivity contribution in [3.63, 3.8) is 0 Å². The average Bonchev–Trinajstić information content (AvgIpc) is 3.57. The van der Waals surface area contributed by atoms with E-state index in [1.54, 1.807) is 41.4 Å². The predicted molar refractivity (Wildman–Crippen MR) is 128 cm³/mol. The Labute approximate surface area is 199 Å². The van der Waals surface area contributed by atoms with Crippen molar-refractivity contribution in [2.75, 3.05) is 16.4 Å². The molecule has 1 N–H and O–H groups in total. The van der Waals surface area contributed by atoms with Gasteiger partial charge in [0.25, 0.3) is 5.91 Å². The third-order valence-electron chi connectivity index (χ3n) is 7.03. The number of sulfone groups is 1. The van der Waals surface area contributed by atoms with Crippen molar-refractivity contribution in [3.8, 4) is 5.75 Å². The van der Waals surface area contributed by atoms with E-state index in [4.69, 9.17) is 4.74 Å². The van der Waals surface area contributed by atoms with E-state index in [1.165, 1.54) is 0 Å². The molecule has 5 rings (SSSR count). The van der Waals surface area contributed by atoms with Gasteiger partial charge in [-0.15, -0.1) is 0 Å². The van der Waals surface area contributed by atoms with Gasteiger partial charge in [0.15, 0.2) is 0 Å². The van der Waals surface area contributed by atoms with Crippen LogP contribution >= 0.6 is 0 Å². The SMILES string of the molecule is CC1(NC(=O)c2ccc3c(c2)C(C)(C)C(=O)N3c2cc(OC3CC3)ccn2)CCS(=O)(=O)CC1. The lowest BCUT2D eigenvalue weighted by Gasteiger charge is -2.34. The monoisotopic (exact) mass is 483 g/mol. The summed E-state index contributed by atoms with van der Waals surface area (Å²) < 4.78 is 29.5. The molecule has 2 aliphatic heterocycles. The number of hydrogen-bond donors (Lipinski definition) is 1. The van der Waals surface area contributed by atoms with Crippen molar-refractivity contribution in [1.29, 1.82) is 0 Å². The highest BCUT2D eigenvalue weighted by Gasteiger charge is 2.45. The Hall–Kier alpha value is -2.94. The fraction of sp³-hybridized carbons (Fsp3) is 0.480. The molecular formula is C25H29N3O5S. The summed E-state index contributed by atoms with van der Waals surface area (Å²) in [5, 5.41) is 3.02. The van der Waals surface area contributed by atoms with E-state index in [9.17, 15) is 18.0 Å². The second kappa shape index (κ2) is 7.80. The van der Waals surface area contributed by atoms with Gasteiger partial charge in [-0.1, -0.05) is 0 Å². The van der Waals surface area contributed by atoms with Crippen molar-refractivity contribution < 1.29 is 22.7 Å². The first-order chi connectivity index (χ1) is 16.0. The number of amides is 2. The van der Waals surface area contributed by atoms with Crippen molar-refractivity contribution in [2.24, 2.45) is 0 Å². The summed E-state index contributed by atoms with van der Waals surface area (Å²) in [6.45, 7) is 5.56. The molecule has 180 valence electrons. The molecule has 2 aromatic rings. The summed E-state index contributed by atoms with van der Waals surface area (Å²) in [6, 6.07) is 8.80. The fourth-order valence-corrected chi connectivity index (χ4v) is 6.27. The Morgan fingerprint density at radius 1 is 1.12 bits per heavy atom. The second-order valence-corrected chi connectivity index (χ2v) is 12.6. The lowest BCUT2D eigenvalue weighted by molar-refractivity contribution is -0.121. The standard InChI is InChI=1S/C25H29N3O5S/c1-24(2)19-14-16(22(29)27-25(3)9-12-34(31,32)13-10-25)4-7-20(19)28(23(24)30)21-15-18(8-11-26-21)33-17-5-6-17/h4,7-8,11,14-15,17H,5-6,9-10,12-13H2,1-3H3,(H,27,29). The molecule has 0 bridgehead atoms. The van der Waals surface area contributed by atoms with Crippen LogP contribution in [0.25, 0.3) is 0 Å². The smallest absolute Gasteiger partial charge is 0.251 e. The number of pyridine rings is 1. The van der Waals surface area contributed by atoms with E-state index in [-0.39, 0.29) is 29.4 Å². The highest BCUT2D eigenvalue weighted by Crippen LogP contribution is 2.45. The molecule has 1 saturated heterocycles. The molecule has 0 atom stereocenters. The maximum atomic E-state index is 13.4. The van der Waals surface area contributed by atoms with Crippen LogP contribution in [0.2, 0.25) is 0 Å². The van der Waals surface area contributed by atoms with Crippen LogP contribution in [0.4, 0.5) is 11.5 Å². The number of nitrogens with zero attached hydrogens (tertiary/aromatic N) is 2. The van der Waals surface area contributed by atoms with Gasteiger partial charge >= 0.3 is 0 Å². The van der Waals surface area contributed by atoms with Crippen molar-refractivity contribution >= 4 is 33.2 Å². The molecule has 8 nitrogen and oxygen atoms in total. The molecule has 0 unspecified atom stereocenters. The van der Waals surface area contributed by atoms with Crippen LogP contribution in [0, 0.1) is 0 Å². The van der Waals surface area contributed by atoms with Crippen LogP contribution in [-0.4, -0.2) is 48.4 Å². The number of nitrogens with one attached hydrogen (secondary N) is 1. The summed E-state index contributed by atoms with van der Waals surface area (Å²) in [5.74, 6) is 0.917. The van der Waals surface area contributed by atoms with Gasteiger partial charge in [-0.25, -0.2) is 13.4 Å². The van der Waals surface area contributed by atoms with Gasteiger partial charge in [0, 0.05) is 23.4 Å². The minimum Gasteiger partial charge on any atom is -0.490 e. The Morgan fingerprint density at radius 2 is 1.82 bits per heavy atom. The van der Waals surface area contributed by atoms with Crippen LogP contribution in [0.1, 0.15) is 62.4 Å². The van der Waals surface area contributed by atoms with E-state index in [2.05, 4.69) is 10.3 Å². The summed E-state index contributed by atoms with van der Waals surface area (Å²) in [5.41, 5.74) is 0.457. The Bertz CT molecular complexity index is 1270. The summed E-state index contributed by atoms with van der Waals surface area (Å²) >= 11 is 0. The van der Waals surface area contributed by atoms with Gasteiger partial charge in [-0.3, -0.25) is 14.5 Å². The quantitative estimate of drug-likeness (QED) is 0.700. The lowest BCUT2D eigenvalue weighted by Crippen LogP contribution is -2.50. The summed E-state index contributed by atoms with van der Waals surface area (Å²) in [7, 11) is -3.03. The van der Waals surface area contributed by atoms with Gasteiger partial charge in [0.1, 0.15) is 21.4 Å². The van der Waals surface area contributed by atoms with Crippen LogP contribution < -0.4 is 15.0 Å². The maximum absolute atomic E-state index is 13.4. The molecule has 1 aromatic carbocycles. The van der Waals surface area contributed by atoms with Gasteiger partial charge in [-0.2, -0.15) is 0 Å². The molecule has 3 aliphatic rings. The first-order valence-corrected chi connectivity index (χ1v) is 13.4. The number of fused-ring (bicyclic) bond motifs is 1. The lowest BCUT2D eigenvalue weighted by atomic mass is 9.85. The largest absolute Gasteiger partial charge is 0.490 e. The van der Waals surface area contributed by atoms with Crippen LogP contribution in [0.15, 0.2) is 36.5 Å². The van der Waals surface area contributed by atoms with E-state index < -0.39 is 20.8 Å². The van der Waals surface area contributed by atoms with Gasteiger partial charge < -0.3 is 10.1 Å². The number of ether oxygens (including phenoxy) is 1. The van der Waals surface area contributed by atoms with Crippen LogP contribution in [0.3, 0.4) is 0 Å². The zero-order valence-electron chi connectivity index (χ0n) is 19.6. The number of benzene rings is 1. The molecular weight excluding hydrogens is 454 g/mol. The molecule has 0 radical (unpaired) electrons. The van der Waals surface area contributed by atoms with Gasteiger partial charge in [0.05, 0.1) is 28.7 Å². The number of anilines is 2. The molecule has 0 spiro atoms. The van der Waals surface area contributed by atoms with E-state index in [1.807, 2.05) is 20.8 Å². The molecule has 34 heavy (non-hydrogen) atoms. The highest BCUT2D eigenvalue weighted by atomic mass is 32.2. The molecule has 1 saturated carbocycles. The minimum absolute atomic E-state index is 0.0704. The zero-order valence-corrected chi connectivity index (χ0v) is 20.4. The Balaban J connectivity index is 1.42. The van der Waals surface area contributed by atoms with Crippen molar-refractivity contribution in [3.05, 3.63) is 47.7 Å². The Morgan fingerprint density at radius 3 is 2.50 bits per heavy atom. The van der Waals surface area contributed by atoms with Crippen LogP contribution in [-0.2, 0) is 20.0 Å². The van der Waals surface area contributed by atoms with Gasteiger partial charge in [0.2, 0.25) is 5.91 Å².